The highest BCUT2D eigenvalue weighted by atomic mass is 35.5. The van der Waals surface area contributed by atoms with E-state index in [9.17, 15) is 12.8 Å². The molecule has 0 spiro atoms. The van der Waals surface area contributed by atoms with Gasteiger partial charge in [-0.25, -0.2) is 17.9 Å². The van der Waals surface area contributed by atoms with Crippen molar-refractivity contribution in [2.45, 2.75) is 20.8 Å². The second kappa shape index (κ2) is 6.28. The summed E-state index contributed by atoms with van der Waals surface area (Å²) in [4.78, 5) is 0. The highest BCUT2D eigenvalue weighted by Crippen LogP contribution is 2.28. The maximum absolute atomic E-state index is 13.0. The van der Waals surface area contributed by atoms with E-state index in [2.05, 4.69) is 0 Å². The molecule has 1 rings (SSSR count). The van der Waals surface area contributed by atoms with Gasteiger partial charge in [0.15, 0.2) is 0 Å². The van der Waals surface area contributed by atoms with E-state index in [1.807, 2.05) is 20.8 Å². The second-order valence-corrected chi connectivity index (χ2v) is 7.85. The molecule has 0 amide bonds. The molecule has 0 saturated carbocycles. The van der Waals surface area contributed by atoms with Gasteiger partial charge in [-0.3, -0.25) is 0 Å². The first-order valence-electron chi connectivity index (χ1n) is 6.07. The summed E-state index contributed by atoms with van der Waals surface area (Å²) in [5.74, 6) is -0.608. The van der Waals surface area contributed by atoms with Gasteiger partial charge in [-0.2, -0.15) is 0 Å². The van der Waals surface area contributed by atoms with Gasteiger partial charge in [0.05, 0.1) is 17.4 Å². The monoisotopic (exact) mass is 323 g/mol. The van der Waals surface area contributed by atoms with E-state index in [1.54, 1.807) is 0 Å². The molecule has 7 heteroatoms. The van der Waals surface area contributed by atoms with Crippen molar-refractivity contribution in [3.8, 4) is 5.75 Å². The van der Waals surface area contributed by atoms with E-state index in [4.69, 9.17) is 21.5 Å². The first-order chi connectivity index (χ1) is 8.99. The normalized spacial score (nSPS) is 14.1. The third-order valence-corrected chi connectivity index (χ3v) is 4.16. The number of nitrogens with two attached hydrogens (primary N) is 1. The van der Waals surface area contributed by atoms with Crippen LogP contribution in [0, 0.1) is 17.2 Å². The minimum absolute atomic E-state index is 0.0405. The molecular weight excluding hydrogens is 305 g/mol. The Morgan fingerprint density at radius 1 is 1.40 bits per heavy atom. The summed E-state index contributed by atoms with van der Waals surface area (Å²) in [6.45, 7) is 5.87. The van der Waals surface area contributed by atoms with Crippen LogP contribution >= 0.6 is 11.6 Å². The van der Waals surface area contributed by atoms with Crippen molar-refractivity contribution >= 4 is 21.6 Å². The van der Waals surface area contributed by atoms with Gasteiger partial charge in [0.1, 0.15) is 11.6 Å². The lowest BCUT2D eigenvalue weighted by Gasteiger charge is -2.29. The standard InChI is InChI=1S/C13H19ClFNO3S/c1-13(2,3)9(8-20(16,17)18)7-19-10-4-5-12(15)11(14)6-10/h4-6,9H,7-8H2,1-3H3,(H2,16,17,18). The zero-order chi connectivity index (χ0) is 15.6. The highest BCUT2D eigenvalue weighted by molar-refractivity contribution is 7.89. The number of rotatable bonds is 5. The fraction of sp³-hybridized carbons (Fsp3) is 0.538. The van der Waals surface area contributed by atoms with Crippen molar-refractivity contribution in [3.05, 3.63) is 29.0 Å². The number of benzene rings is 1. The topological polar surface area (TPSA) is 69.4 Å². The van der Waals surface area contributed by atoms with Crippen LogP contribution in [-0.4, -0.2) is 20.8 Å². The van der Waals surface area contributed by atoms with Crippen molar-refractivity contribution in [3.63, 3.8) is 0 Å². The Morgan fingerprint density at radius 3 is 2.45 bits per heavy atom. The first-order valence-corrected chi connectivity index (χ1v) is 8.17. The maximum atomic E-state index is 13.0. The molecule has 1 aromatic carbocycles. The second-order valence-electron chi connectivity index (χ2n) is 5.78. The summed E-state index contributed by atoms with van der Waals surface area (Å²) in [6.07, 6.45) is 0. The minimum atomic E-state index is -3.59. The Balaban J connectivity index is 2.78. The lowest BCUT2D eigenvalue weighted by molar-refractivity contribution is 0.163. The molecule has 0 radical (unpaired) electrons. The summed E-state index contributed by atoms with van der Waals surface area (Å²) in [7, 11) is -3.59. The third-order valence-electron chi connectivity index (χ3n) is 3.00. The smallest absolute Gasteiger partial charge is 0.209 e. The molecule has 0 aliphatic rings. The van der Waals surface area contributed by atoms with Crippen molar-refractivity contribution in [2.24, 2.45) is 16.5 Å². The van der Waals surface area contributed by atoms with Crippen LogP contribution in [0.5, 0.6) is 5.75 Å². The largest absolute Gasteiger partial charge is 0.493 e. The maximum Gasteiger partial charge on any atom is 0.209 e. The molecule has 0 fully saturated rings. The Labute approximate surface area is 124 Å². The molecular formula is C13H19ClFNO3S. The van der Waals surface area contributed by atoms with Crippen LogP contribution in [0.4, 0.5) is 4.39 Å². The summed E-state index contributed by atoms with van der Waals surface area (Å²) >= 11 is 5.65. The van der Waals surface area contributed by atoms with Gasteiger partial charge in [-0.1, -0.05) is 32.4 Å². The molecule has 0 saturated heterocycles. The average Bonchev–Trinajstić information content (AvgIpc) is 2.26. The van der Waals surface area contributed by atoms with E-state index in [0.717, 1.165) is 0 Å². The number of hydrogen-bond acceptors (Lipinski definition) is 3. The van der Waals surface area contributed by atoms with Gasteiger partial charge in [-0.05, 0) is 17.5 Å². The molecule has 0 bridgehead atoms. The van der Waals surface area contributed by atoms with Crippen molar-refractivity contribution in [1.29, 1.82) is 0 Å². The molecule has 20 heavy (non-hydrogen) atoms. The van der Waals surface area contributed by atoms with Crippen LogP contribution in [0.25, 0.3) is 0 Å². The Morgan fingerprint density at radius 2 is 2.00 bits per heavy atom. The number of ether oxygens (including phenoxy) is 1. The van der Waals surface area contributed by atoms with Gasteiger partial charge in [0, 0.05) is 12.0 Å². The van der Waals surface area contributed by atoms with Gasteiger partial charge < -0.3 is 4.74 Å². The molecule has 1 aromatic rings. The predicted octanol–water partition coefficient (Wildman–Crippen LogP) is 2.81. The van der Waals surface area contributed by atoms with Crippen LogP contribution in [0.15, 0.2) is 18.2 Å². The molecule has 1 unspecified atom stereocenters. The minimum Gasteiger partial charge on any atom is -0.493 e. The van der Waals surface area contributed by atoms with E-state index in [0.29, 0.717) is 5.75 Å². The number of hydrogen-bond donors (Lipinski definition) is 1. The fourth-order valence-corrected chi connectivity index (χ4v) is 2.92. The fourth-order valence-electron chi connectivity index (χ4n) is 1.59. The number of halogens is 2. The van der Waals surface area contributed by atoms with E-state index >= 15 is 0 Å². The van der Waals surface area contributed by atoms with Gasteiger partial charge in [0.2, 0.25) is 10.0 Å². The molecule has 0 aliphatic heterocycles. The van der Waals surface area contributed by atoms with Crippen molar-refractivity contribution in [1.82, 2.24) is 0 Å². The molecule has 114 valence electrons. The van der Waals surface area contributed by atoms with Crippen LogP contribution < -0.4 is 9.88 Å². The molecule has 0 aromatic heterocycles. The highest BCUT2D eigenvalue weighted by Gasteiger charge is 2.29. The molecule has 0 aliphatic carbocycles. The van der Waals surface area contributed by atoms with E-state index < -0.39 is 15.8 Å². The third kappa shape index (κ3) is 5.64. The molecule has 2 N–H and O–H groups in total. The Hall–Kier alpha value is -0.850. The van der Waals surface area contributed by atoms with E-state index in [-0.39, 0.29) is 28.7 Å². The van der Waals surface area contributed by atoms with Gasteiger partial charge in [0.25, 0.3) is 0 Å². The van der Waals surface area contributed by atoms with Crippen molar-refractivity contribution < 1.29 is 17.5 Å². The lowest BCUT2D eigenvalue weighted by Crippen LogP contribution is -2.35. The lowest BCUT2D eigenvalue weighted by atomic mass is 9.82. The van der Waals surface area contributed by atoms with Crippen LogP contribution in [0.2, 0.25) is 5.02 Å². The zero-order valence-corrected chi connectivity index (χ0v) is 13.3. The Kier molecular flexibility index (Phi) is 5.40. The quantitative estimate of drug-likeness (QED) is 0.905. The zero-order valence-electron chi connectivity index (χ0n) is 11.7. The van der Waals surface area contributed by atoms with E-state index in [1.165, 1.54) is 18.2 Å². The van der Waals surface area contributed by atoms with Gasteiger partial charge in [-0.15, -0.1) is 0 Å². The number of primary sulfonamides is 1. The van der Waals surface area contributed by atoms with Crippen LogP contribution in [0.1, 0.15) is 20.8 Å². The van der Waals surface area contributed by atoms with Crippen LogP contribution in [-0.2, 0) is 10.0 Å². The Bertz CT molecular complexity index is 569. The SMILES string of the molecule is CC(C)(C)C(COc1ccc(F)c(Cl)c1)CS(N)(=O)=O. The van der Waals surface area contributed by atoms with Crippen LogP contribution in [0.3, 0.4) is 0 Å². The summed E-state index contributed by atoms with van der Waals surface area (Å²) in [5.41, 5.74) is -0.295. The summed E-state index contributed by atoms with van der Waals surface area (Å²) in [6, 6.07) is 3.99. The summed E-state index contributed by atoms with van der Waals surface area (Å²) in [5, 5.41) is 5.05. The van der Waals surface area contributed by atoms with Gasteiger partial charge >= 0.3 is 0 Å². The summed E-state index contributed by atoms with van der Waals surface area (Å²) < 4.78 is 41.0. The van der Waals surface area contributed by atoms with Crippen molar-refractivity contribution in [2.75, 3.05) is 12.4 Å². The molecule has 0 heterocycles. The average molecular weight is 324 g/mol. The predicted molar refractivity (Wildman–Crippen MR) is 77.8 cm³/mol. The number of sulfonamides is 1. The first kappa shape index (κ1) is 17.2. The molecule has 1 atom stereocenters. The molecule has 4 nitrogen and oxygen atoms in total.